The zero-order chi connectivity index (χ0) is 25.2. The Kier molecular flexibility index (Phi) is 6.59. The average Bonchev–Trinajstić information content (AvgIpc) is 2.93. The number of nitrogens with zero attached hydrogens (tertiary/aromatic N) is 1. The van der Waals surface area contributed by atoms with Crippen LogP contribution in [0.15, 0.2) is 78.9 Å². The Labute approximate surface area is 199 Å². The normalized spacial score (nSPS) is 15.9. The summed E-state index contributed by atoms with van der Waals surface area (Å²) >= 11 is 0. The molecule has 0 radical (unpaired) electrons. The summed E-state index contributed by atoms with van der Waals surface area (Å²) < 4.78 is 38.2. The molecule has 3 aromatic rings. The maximum absolute atomic E-state index is 13.5. The van der Waals surface area contributed by atoms with Crippen LogP contribution < -0.4 is 15.5 Å². The highest BCUT2D eigenvalue weighted by Gasteiger charge is 2.38. The van der Waals surface area contributed by atoms with Crippen molar-refractivity contribution in [3.05, 3.63) is 90.0 Å². The van der Waals surface area contributed by atoms with E-state index in [0.717, 1.165) is 11.1 Å². The van der Waals surface area contributed by atoms with Gasteiger partial charge >= 0.3 is 6.18 Å². The van der Waals surface area contributed by atoms with Gasteiger partial charge in [0.2, 0.25) is 11.8 Å². The van der Waals surface area contributed by atoms with Crippen LogP contribution in [0.4, 0.5) is 18.9 Å². The van der Waals surface area contributed by atoms with Crippen LogP contribution in [0, 0.1) is 0 Å². The van der Waals surface area contributed by atoms with Crippen LogP contribution in [0.3, 0.4) is 0 Å². The molecule has 0 unspecified atom stereocenters. The minimum absolute atomic E-state index is 0.204. The summed E-state index contributed by atoms with van der Waals surface area (Å²) in [5.74, 6) is -4.03. The van der Waals surface area contributed by atoms with Gasteiger partial charge in [0.25, 0.3) is 5.91 Å². The highest BCUT2D eigenvalue weighted by molar-refractivity contribution is 6.10. The lowest BCUT2D eigenvalue weighted by Gasteiger charge is -2.25. The van der Waals surface area contributed by atoms with Crippen LogP contribution in [0.5, 0.6) is 0 Å². The molecule has 9 heteroatoms. The van der Waals surface area contributed by atoms with E-state index in [-0.39, 0.29) is 5.56 Å². The Morgan fingerprint density at radius 3 is 2.17 bits per heavy atom. The number of rotatable bonds is 5. The molecule has 0 aromatic heterocycles. The second kappa shape index (κ2) is 9.61. The van der Waals surface area contributed by atoms with Crippen molar-refractivity contribution < 1.29 is 27.6 Å². The van der Waals surface area contributed by atoms with Crippen LogP contribution in [0.25, 0.3) is 11.1 Å². The van der Waals surface area contributed by atoms with Gasteiger partial charge in [-0.05, 0) is 22.8 Å². The average molecular weight is 481 g/mol. The third-order valence-corrected chi connectivity index (χ3v) is 5.81. The van der Waals surface area contributed by atoms with Gasteiger partial charge < -0.3 is 15.5 Å². The van der Waals surface area contributed by atoms with Crippen molar-refractivity contribution in [3.63, 3.8) is 0 Å². The second-order valence-corrected chi connectivity index (χ2v) is 8.12. The number of benzene rings is 3. The maximum Gasteiger partial charge on any atom is 0.405 e. The monoisotopic (exact) mass is 481 g/mol. The van der Waals surface area contributed by atoms with Gasteiger partial charge in [0.15, 0.2) is 0 Å². The molecule has 180 valence electrons. The SMILES string of the molecule is CN1C(=O)[C@H](NC(=O)[C@@H](C(=O)NCC(F)(F)F)c2ccccc2)c2ccccc2-c2ccccc21. The molecule has 4 rings (SSSR count). The van der Waals surface area contributed by atoms with E-state index < -0.39 is 42.4 Å². The third kappa shape index (κ3) is 5.03. The number of para-hydroxylation sites is 1. The number of hydrogen-bond donors (Lipinski definition) is 2. The lowest BCUT2D eigenvalue weighted by atomic mass is 9.93. The number of carbonyl (C=O) groups excluding carboxylic acids is 3. The summed E-state index contributed by atoms with van der Waals surface area (Å²) in [6.45, 7) is -1.58. The van der Waals surface area contributed by atoms with Gasteiger partial charge in [0, 0.05) is 12.6 Å². The molecule has 0 saturated heterocycles. The minimum atomic E-state index is -4.64. The molecule has 3 aromatic carbocycles. The van der Waals surface area contributed by atoms with Crippen molar-refractivity contribution in [1.29, 1.82) is 0 Å². The zero-order valence-electron chi connectivity index (χ0n) is 18.7. The highest BCUT2D eigenvalue weighted by Crippen LogP contribution is 2.39. The molecule has 0 aliphatic carbocycles. The van der Waals surface area contributed by atoms with Gasteiger partial charge in [-0.15, -0.1) is 0 Å². The first-order valence-corrected chi connectivity index (χ1v) is 10.8. The quantitative estimate of drug-likeness (QED) is 0.542. The number of anilines is 1. The fraction of sp³-hybridized carbons (Fsp3) is 0.192. The number of nitrogens with one attached hydrogen (secondary N) is 2. The van der Waals surface area contributed by atoms with E-state index in [1.165, 1.54) is 17.0 Å². The van der Waals surface area contributed by atoms with E-state index in [1.54, 1.807) is 54.8 Å². The van der Waals surface area contributed by atoms with Crippen molar-refractivity contribution in [2.45, 2.75) is 18.1 Å². The van der Waals surface area contributed by atoms with E-state index in [0.29, 0.717) is 11.3 Å². The summed E-state index contributed by atoms with van der Waals surface area (Å²) in [5, 5.41) is 4.42. The summed E-state index contributed by atoms with van der Waals surface area (Å²) in [5.41, 5.74) is 2.88. The van der Waals surface area contributed by atoms with Crippen LogP contribution in [-0.2, 0) is 14.4 Å². The number of likely N-dealkylation sites (N-methyl/N-ethyl adjacent to an activating group) is 1. The predicted molar refractivity (Wildman–Crippen MR) is 124 cm³/mol. The van der Waals surface area contributed by atoms with Crippen LogP contribution >= 0.6 is 0 Å². The molecule has 1 aliphatic heterocycles. The standard InChI is InChI=1S/C26H22F3N3O3/c1-32-20-14-8-7-12-18(20)17-11-5-6-13-19(17)22(25(32)35)31-24(34)21(16-9-3-2-4-10-16)23(33)30-15-26(27,28)29/h2-14,21-22H,15H2,1H3,(H,30,33)(H,31,34)/t21-,22-/m1/s1. The number of hydrogen-bond acceptors (Lipinski definition) is 3. The van der Waals surface area contributed by atoms with Crippen molar-refractivity contribution in [3.8, 4) is 11.1 Å². The lowest BCUT2D eigenvalue weighted by molar-refractivity contribution is -0.142. The number of halogens is 3. The van der Waals surface area contributed by atoms with Gasteiger partial charge in [-0.2, -0.15) is 13.2 Å². The predicted octanol–water partition coefficient (Wildman–Crippen LogP) is 3.95. The molecule has 35 heavy (non-hydrogen) atoms. The Bertz CT molecular complexity index is 1260. The van der Waals surface area contributed by atoms with Crippen LogP contribution in [-0.4, -0.2) is 37.5 Å². The first kappa shape index (κ1) is 24.0. The van der Waals surface area contributed by atoms with Gasteiger partial charge in [-0.3, -0.25) is 14.4 Å². The Hall–Kier alpha value is -4.14. The van der Waals surface area contributed by atoms with E-state index in [9.17, 15) is 27.6 Å². The van der Waals surface area contributed by atoms with Crippen molar-refractivity contribution in [1.82, 2.24) is 10.6 Å². The van der Waals surface area contributed by atoms with Gasteiger partial charge in [0.1, 0.15) is 18.5 Å². The smallest absolute Gasteiger partial charge is 0.346 e. The fourth-order valence-corrected chi connectivity index (χ4v) is 4.16. The first-order valence-electron chi connectivity index (χ1n) is 10.8. The lowest BCUT2D eigenvalue weighted by Crippen LogP contribution is -2.46. The topological polar surface area (TPSA) is 78.5 Å². The molecule has 6 nitrogen and oxygen atoms in total. The third-order valence-electron chi connectivity index (χ3n) is 5.81. The second-order valence-electron chi connectivity index (χ2n) is 8.12. The molecule has 1 heterocycles. The molecule has 0 fully saturated rings. The number of fused-ring (bicyclic) bond motifs is 3. The van der Waals surface area contributed by atoms with E-state index in [2.05, 4.69) is 5.32 Å². The molecular weight excluding hydrogens is 459 g/mol. The van der Waals surface area contributed by atoms with Crippen LogP contribution in [0.1, 0.15) is 23.1 Å². The molecule has 2 N–H and O–H groups in total. The number of amides is 3. The van der Waals surface area contributed by atoms with Crippen LogP contribution in [0.2, 0.25) is 0 Å². The van der Waals surface area contributed by atoms with E-state index in [4.69, 9.17) is 0 Å². The molecule has 3 amide bonds. The summed E-state index contributed by atoms with van der Waals surface area (Å²) in [6, 6.07) is 20.9. The fourth-order valence-electron chi connectivity index (χ4n) is 4.16. The molecule has 0 bridgehead atoms. The number of alkyl halides is 3. The van der Waals surface area contributed by atoms with Crippen molar-refractivity contribution in [2.24, 2.45) is 0 Å². The summed E-state index contributed by atoms with van der Waals surface area (Å²) in [7, 11) is 1.58. The molecule has 1 aliphatic rings. The minimum Gasteiger partial charge on any atom is -0.346 e. The highest BCUT2D eigenvalue weighted by atomic mass is 19.4. The maximum atomic E-state index is 13.5. The number of carbonyl (C=O) groups is 3. The molecular formula is C26H22F3N3O3. The van der Waals surface area contributed by atoms with E-state index in [1.807, 2.05) is 24.3 Å². The molecule has 2 atom stereocenters. The van der Waals surface area contributed by atoms with E-state index >= 15 is 0 Å². The van der Waals surface area contributed by atoms with Gasteiger partial charge in [-0.25, -0.2) is 0 Å². The summed E-state index contributed by atoms with van der Waals surface area (Å²) in [4.78, 5) is 41.0. The van der Waals surface area contributed by atoms with Crippen molar-refractivity contribution >= 4 is 23.4 Å². The Morgan fingerprint density at radius 2 is 1.49 bits per heavy atom. The summed E-state index contributed by atoms with van der Waals surface area (Å²) in [6.07, 6.45) is -4.64. The molecule has 0 spiro atoms. The first-order chi connectivity index (χ1) is 16.7. The van der Waals surface area contributed by atoms with Gasteiger partial charge in [0.05, 0.1) is 5.69 Å². The Morgan fingerprint density at radius 1 is 0.886 bits per heavy atom. The zero-order valence-corrected chi connectivity index (χ0v) is 18.7. The van der Waals surface area contributed by atoms with Gasteiger partial charge in [-0.1, -0.05) is 72.8 Å². The Balaban J connectivity index is 1.71. The van der Waals surface area contributed by atoms with Crippen molar-refractivity contribution in [2.75, 3.05) is 18.5 Å². The molecule has 0 saturated carbocycles. The largest absolute Gasteiger partial charge is 0.405 e.